The maximum atomic E-state index is 13.0. The molecule has 1 heterocycles. The van der Waals surface area contributed by atoms with Gasteiger partial charge in [-0.05, 0) is 18.2 Å². The Balaban J connectivity index is 2.35. The van der Waals surface area contributed by atoms with Gasteiger partial charge in [-0.25, -0.2) is 13.8 Å². The second kappa shape index (κ2) is 4.85. The Morgan fingerprint density at radius 1 is 1.29 bits per heavy atom. The average Bonchev–Trinajstić information content (AvgIpc) is 2.30. The van der Waals surface area contributed by atoms with Gasteiger partial charge in [0.25, 0.3) is 5.56 Å². The smallest absolute Gasteiger partial charge is 0.270 e. The summed E-state index contributed by atoms with van der Waals surface area (Å²) in [5.74, 6) is -1.89. The molecule has 0 saturated heterocycles. The van der Waals surface area contributed by atoms with Gasteiger partial charge in [0.2, 0.25) is 0 Å². The van der Waals surface area contributed by atoms with Crippen molar-refractivity contribution >= 4 is 23.4 Å². The molecule has 3 nitrogen and oxygen atoms in total. The van der Waals surface area contributed by atoms with E-state index in [0.717, 1.165) is 23.9 Å². The second-order valence-corrected chi connectivity index (χ2v) is 4.47. The number of H-pyrrole nitrogens is 1. The molecular weight excluding hydrogens is 270 g/mol. The summed E-state index contributed by atoms with van der Waals surface area (Å²) >= 11 is 6.70. The molecule has 2 aromatic rings. The molecule has 88 valence electrons. The molecule has 1 aromatic carbocycles. The highest BCUT2D eigenvalue weighted by Gasteiger charge is 2.09. The number of aromatic amines is 1. The maximum absolute atomic E-state index is 13.0. The van der Waals surface area contributed by atoms with Crippen molar-refractivity contribution in [2.24, 2.45) is 0 Å². The van der Waals surface area contributed by atoms with Crippen LogP contribution in [0.25, 0.3) is 0 Å². The van der Waals surface area contributed by atoms with E-state index in [1.165, 1.54) is 12.4 Å². The van der Waals surface area contributed by atoms with E-state index in [1.54, 1.807) is 0 Å². The van der Waals surface area contributed by atoms with Crippen molar-refractivity contribution in [1.82, 2.24) is 9.97 Å². The Bertz CT molecular complexity index is 617. The summed E-state index contributed by atoms with van der Waals surface area (Å²) in [5, 5.41) is 0.156. The standard InChI is InChI=1S/C10H5ClF2N2OS/c11-8-9(16)14-4-15-10(8)17-5-1-2-6(12)7(13)3-5/h1-4H,(H,14,15,16). The van der Waals surface area contributed by atoms with E-state index in [1.807, 2.05) is 0 Å². The lowest BCUT2D eigenvalue weighted by Crippen LogP contribution is -2.07. The molecule has 0 aliphatic rings. The van der Waals surface area contributed by atoms with Crippen LogP contribution in [0, 0.1) is 11.6 Å². The third kappa shape index (κ3) is 2.65. The summed E-state index contributed by atoms with van der Waals surface area (Å²) < 4.78 is 25.7. The van der Waals surface area contributed by atoms with Gasteiger partial charge in [0.1, 0.15) is 10.0 Å². The van der Waals surface area contributed by atoms with Gasteiger partial charge in [0.05, 0.1) is 6.33 Å². The quantitative estimate of drug-likeness (QED) is 0.857. The zero-order chi connectivity index (χ0) is 12.4. The minimum absolute atomic E-state index is 0.0813. The van der Waals surface area contributed by atoms with E-state index < -0.39 is 17.2 Å². The Kier molecular flexibility index (Phi) is 3.44. The Morgan fingerprint density at radius 2 is 2.06 bits per heavy atom. The third-order valence-corrected chi connectivity index (χ3v) is 3.33. The van der Waals surface area contributed by atoms with E-state index in [9.17, 15) is 13.6 Å². The molecule has 0 aliphatic heterocycles. The summed E-state index contributed by atoms with van der Waals surface area (Å²) in [6.45, 7) is 0. The van der Waals surface area contributed by atoms with E-state index in [0.29, 0.717) is 4.90 Å². The number of halogens is 3. The van der Waals surface area contributed by atoms with Crippen LogP contribution in [-0.4, -0.2) is 9.97 Å². The predicted octanol–water partition coefficient (Wildman–Crippen LogP) is 2.85. The zero-order valence-corrected chi connectivity index (χ0v) is 9.78. The van der Waals surface area contributed by atoms with Gasteiger partial charge >= 0.3 is 0 Å². The lowest BCUT2D eigenvalue weighted by molar-refractivity contribution is 0.506. The highest BCUT2D eigenvalue weighted by molar-refractivity contribution is 7.99. The van der Waals surface area contributed by atoms with Crippen molar-refractivity contribution in [1.29, 1.82) is 0 Å². The van der Waals surface area contributed by atoms with Crippen LogP contribution in [0.4, 0.5) is 8.78 Å². The fraction of sp³-hybridized carbons (Fsp3) is 0. The summed E-state index contributed by atoms with van der Waals surface area (Å²) in [7, 11) is 0. The van der Waals surface area contributed by atoms with Gasteiger partial charge in [0.15, 0.2) is 11.6 Å². The van der Waals surface area contributed by atoms with Gasteiger partial charge in [-0.2, -0.15) is 0 Å². The summed E-state index contributed by atoms with van der Waals surface area (Å²) in [5.41, 5.74) is -0.480. The Labute approximate surface area is 104 Å². The van der Waals surface area contributed by atoms with E-state index in [-0.39, 0.29) is 10.0 Å². The maximum Gasteiger partial charge on any atom is 0.270 e. The monoisotopic (exact) mass is 274 g/mol. The van der Waals surface area contributed by atoms with Crippen molar-refractivity contribution in [2.75, 3.05) is 0 Å². The summed E-state index contributed by atoms with van der Waals surface area (Å²) in [6, 6.07) is 3.39. The predicted molar refractivity (Wildman–Crippen MR) is 60.3 cm³/mol. The molecule has 0 saturated carbocycles. The molecule has 17 heavy (non-hydrogen) atoms. The van der Waals surface area contributed by atoms with Crippen LogP contribution in [-0.2, 0) is 0 Å². The second-order valence-electron chi connectivity index (χ2n) is 3.03. The van der Waals surface area contributed by atoms with Crippen LogP contribution in [0.15, 0.2) is 39.2 Å². The zero-order valence-electron chi connectivity index (χ0n) is 8.21. The van der Waals surface area contributed by atoms with Crippen LogP contribution in [0.2, 0.25) is 5.02 Å². The minimum atomic E-state index is -0.962. The number of nitrogens with zero attached hydrogens (tertiary/aromatic N) is 1. The summed E-state index contributed by atoms with van der Waals surface area (Å²) in [4.78, 5) is 17.7. The van der Waals surface area contributed by atoms with Crippen molar-refractivity contribution < 1.29 is 8.78 Å². The van der Waals surface area contributed by atoms with Crippen molar-refractivity contribution in [3.05, 3.63) is 51.5 Å². The molecule has 0 spiro atoms. The fourth-order valence-electron chi connectivity index (χ4n) is 1.09. The lowest BCUT2D eigenvalue weighted by Gasteiger charge is -2.02. The minimum Gasteiger partial charge on any atom is -0.312 e. The van der Waals surface area contributed by atoms with Crippen LogP contribution >= 0.6 is 23.4 Å². The Hall–Kier alpha value is -1.40. The number of benzene rings is 1. The third-order valence-electron chi connectivity index (χ3n) is 1.87. The lowest BCUT2D eigenvalue weighted by atomic mass is 10.3. The van der Waals surface area contributed by atoms with Crippen LogP contribution < -0.4 is 5.56 Å². The molecule has 7 heteroatoms. The first-order chi connectivity index (χ1) is 8.08. The van der Waals surface area contributed by atoms with Crippen LogP contribution in [0.3, 0.4) is 0 Å². The van der Waals surface area contributed by atoms with Crippen molar-refractivity contribution in [3.8, 4) is 0 Å². The molecule has 0 bridgehead atoms. The number of aromatic nitrogens is 2. The molecule has 1 N–H and O–H groups in total. The van der Waals surface area contributed by atoms with Crippen molar-refractivity contribution in [2.45, 2.75) is 9.92 Å². The van der Waals surface area contributed by atoms with E-state index in [4.69, 9.17) is 11.6 Å². The topological polar surface area (TPSA) is 45.8 Å². The SMILES string of the molecule is O=c1[nH]cnc(Sc2ccc(F)c(F)c2)c1Cl. The number of hydrogen-bond acceptors (Lipinski definition) is 3. The molecule has 1 aromatic heterocycles. The van der Waals surface area contributed by atoms with Crippen LogP contribution in [0.5, 0.6) is 0 Å². The molecule has 0 unspecified atom stereocenters. The molecule has 0 amide bonds. The van der Waals surface area contributed by atoms with Gasteiger partial charge in [-0.3, -0.25) is 4.79 Å². The van der Waals surface area contributed by atoms with Crippen LogP contribution in [0.1, 0.15) is 0 Å². The summed E-state index contributed by atoms with van der Waals surface area (Å²) in [6.07, 6.45) is 1.19. The van der Waals surface area contributed by atoms with Gasteiger partial charge in [0, 0.05) is 4.90 Å². The van der Waals surface area contributed by atoms with Gasteiger partial charge in [-0.15, -0.1) is 0 Å². The van der Waals surface area contributed by atoms with Crippen molar-refractivity contribution in [3.63, 3.8) is 0 Å². The molecule has 0 radical (unpaired) electrons. The Morgan fingerprint density at radius 3 is 2.76 bits per heavy atom. The average molecular weight is 275 g/mol. The fourth-order valence-corrected chi connectivity index (χ4v) is 2.12. The molecule has 0 atom stereocenters. The first kappa shape index (κ1) is 12.1. The molecule has 0 aliphatic carbocycles. The first-order valence-electron chi connectivity index (χ1n) is 4.44. The van der Waals surface area contributed by atoms with E-state index >= 15 is 0 Å². The van der Waals surface area contributed by atoms with E-state index in [2.05, 4.69) is 9.97 Å². The van der Waals surface area contributed by atoms with Gasteiger partial charge in [-0.1, -0.05) is 23.4 Å². The molecule has 2 rings (SSSR count). The number of hydrogen-bond donors (Lipinski definition) is 1. The number of rotatable bonds is 2. The highest BCUT2D eigenvalue weighted by Crippen LogP contribution is 2.29. The van der Waals surface area contributed by atoms with Gasteiger partial charge < -0.3 is 4.98 Å². The molecular formula is C10H5ClF2N2OS. The largest absolute Gasteiger partial charge is 0.312 e. The molecule has 0 fully saturated rings. The first-order valence-corrected chi connectivity index (χ1v) is 5.63. The normalized spacial score (nSPS) is 10.5. The highest BCUT2D eigenvalue weighted by atomic mass is 35.5. The number of nitrogens with one attached hydrogen (secondary N) is 1.